The van der Waals surface area contributed by atoms with Gasteiger partial charge in [-0.25, -0.2) is 9.37 Å². The quantitative estimate of drug-likeness (QED) is 0.212. The van der Waals surface area contributed by atoms with Gasteiger partial charge in [-0.2, -0.15) is 0 Å². The number of benzene rings is 4. The molecule has 0 saturated heterocycles. The Morgan fingerprint density at radius 2 is 1.23 bits per heavy atom. The van der Waals surface area contributed by atoms with Gasteiger partial charge in [0, 0.05) is 51.9 Å². The summed E-state index contributed by atoms with van der Waals surface area (Å²) < 4.78 is 18.2. The second-order valence-corrected chi connectivity index (χ2v) is 10.9. The van der Waals surface area contributed by atoms with Crippen molar-refractivity contribution in [2.24, 2.45) is 0 Å². The number of rotatable bonds is 7. The summed E-state index contributed by atoms with van der Waals surface area (Å²) in [5.41, 5.74) is 7.67. The molecule has 0 atom stereocenters. The van der Waals surface area contributed by atoms with E-state index in [1.807, 2.05) is 30.6 Å². The Morgan fingerprint density at radius 3 is 2.02 bits per heavy atom. The number of hydrogen-bond donors (Lipinski definition) is 1. The lowest BCUT2D eigenvalue weighted by atomic mass is 10.1. The fraction of sp³-hybridized carbons (Fsp3) is 0.0811. The summed E-state index contributed by atoms with van der Waals surface area (Å²) in [5, 5.41) is 8.33. The van der Waals surface area contributed by atoms with Gasteiger partial charge in [-0.05, 0) is 47.5 Å². The molecule has 6 heteroatoms. The maximum Gasteiger partial charge on any atom is 0.150 e. The Hall–Kier alpha value is -5.49. The lowest BCUT2D eigenvalue weighted by Crippen LogP contribution is -2.07. The van der Waals surface area contributed by atoms with E-state index in [9.17, 15) is 4.39 Å². The van der Waals surface area contributed by atoms with Gasteiger partial charge in [0.1, 0.15) is 5.82 Å². The minimum atomic E-state index is -0.226. The largest absolute Gasteiger partial charge is 0.363 e. The van der Waals surface area contributed by atoms with Crippen LogP contribution in [0, 0.1) is 5.82 Å². The van der Waals surface area contributed by atoms with Crippen LogP contribution in [-0.4, -0.2) is 19.1 Å². The maximum absolute atomic E-state index is 13.5. The highest BCUT2D eigenvalue weighted by Gasteiger charge is 2.16. The zero-order valence-corrected chi connectivity index (χ0v) is 23.4. The molecule has 43 heavy (non-hydrogen) atoms. The van der Waals surface area contributed by atoms with E-state index in [1.54, 1.807) is 0 Å². The van der Waals surface area contributed by atoms with Crippen LogP contribution in [-0.2, 0) is 19.6 Å². The van der Waals surface area contributed by atoms with Crippen LogP contribution in [0.3, 0.4) is 0 Å². The molecule has 4 aromatic heterocycles. The van der Waals surface area contributed by atoms with Gasteiger partial charge in [0.25, 0.3) is 0 Å². The number of pyridine rings is 2. The predicted octanol–water partition coefficient (Wildman–Crippen LogP) is 8.54. The van der Waals surface area contributed by atoms with Crippen LogP contribution in [0.15, 0.2) is 128 Å². The molecule has 1 N–H and O–H groups in total. The average molecular weight is 562 g/mol. The van der Waals surface area contributed by atoms with E-state index < -0.39 is 0 Å². The third-order valence-electron chi connectivity index (χ3n) is 8.27. The zero-order valence-electron chi connectivity index (χ0n) is 23.4. The molecule has 0 bridgehead atoms. The van der Waals surface area contributed by atoms with Gasteiger partial charge in [0.05, 0.1) is 29.5 Å². The van der Waals surface area contributed by atoms with Crippen molar-refractivity contribution in [3.63, 3.8) is 0 Å². The third kappa shape index (κ3) is 4.48. The summed E-state index contributed by atoms with van der Waals surface area (Å²) in [6.45, 7) is 1.93. The first kappa shape index (κ1) is 25.2. The number of para-hydroxylation sites is 2. The van der Waals surface area contributed by atoms with Crippen molar-refractivity contribution in [2.75, 3.05) is 5.32 Å². The lowest BCUT2D eigenvalue weighted by Gasteiger charge is -2.12. The van der Waals surface area contributed by atoms with E-state index in [0.717, 1.165) is 45.6 Å². The summed E-state index contributed by atoms with van der Waals surface area (Å²) in [6, 6.07) is 38.5. The van der Waals surface area contributed by atoms with Crippen molar-refractivity contribution in [1.29, 1.82) is 0 Å². The van der Waals surface area contributed by atoms with Crippen molar-refractivity contribution in [2.45, 2.75) is 19.6 Å². The van der Waals surface area contributed by atoms with Crippen LogP contribution in [0.1, 0.15) is 16.8 Å². The molecule has 0 fully saturated rings. The van der Waals surface area contributed by atoms with Gasteiger partial charge >= 0.3 is 0 Å². The second kappa shape index (κ2) is 10.4. The smallest absolute Gasteiger partial charge is 0.150 e. The standard InChI is InChI=1S/C37H28FN5/c38-27-16-14-26(15-17-27)23-42-33-12-6-5-11-30(33)32-20-28(40-22-35(32)42)21-41-37-36-31(18-19-39-37)29-10-4-7-13-34(29)43(36)24-25-8-2-1-3-9-25/h1-20,22H,21,23-24H2,(H,39,41). The molecule has 0 aliphatic carbocycles. The van der Waals surface area contributed by atoms with Crippen LogP contribution < -0.4 is 5.32 Å². The molecule has 0 aliphatic rings. The first-order valence-corrected chi connectivity index (χ1v) is 14.5. The molecular weight excluding hydrogens is 533 g/mol. The molecule has 0 amide bonds. The van der Waals surface area contributed by atoms with Gasteiger partial charge in [-0.1, -0.05) is 78.9 Å². The van der Waals surface area contributed by atoms with Crippen LogP contribution in [0.5, 0.6) is 0 Å². The maximum atomic E-state index is 13.5. The van der Waals surface area contributed by atoms with Crippen LogP contribution >= 0.6 is 0 Å². The molecule has 4 aromatic carbocycles. The molecule has 208 valence electrons. The Morgan fingerprint density at radius 1 is 0.581 bits per heavy atom. The lowest BCUT2D eigenvalue weighted by molar-refractivity contribution is 0.626. The molecule has 4 heterocycles. The summed E-state index contributed by atoms with van der Waals surface area (Å²) in [5.74, 6) is 0.612. The van der Waals surface area contributed by atoms with E-state index in [4.69, 9.17) is 9.97 Å². The van der Waals surface area contributed by atoms with Crippen molar-refractivity contribution in [3.8, 4) is 0 Å². The summed E-state index contributed by atoms with van der Waals surface area (Å²) in [6.07, 6.45) is 3.83. The minimum absolute atomic E-state index is 0.226. The zero-order chi connectivity index (χ0) is 28.8. The van der Waals surface area contributed by atoms with E-state index in [1.165, 1.54) is 39.4 Å². The summed E-state index contributed by atoms with van der Waals surface area (Å²) in [4.78, 5) is 9.67. The second-order valence-electron chi connectivity index (χ2n) is 10.9. The van der Waals surface area contributed by atoms with Gasteiger partial charge in [-0.15, -0.1) is 0 Å². The average Bonchev–Trinajstić information content (AvgIpc) is 3.54. The van der Waals surface area contributed by atoms with Gasteiger partial charge < -0.3 is 14.5 Å². The van der Waals surface area contributed by atoms with Crippen molar-refractivity contribution in [1.82, 2.24) is 19.1 Å². The predicted molar refractivity (Wildman–Crippen MR) is 173 cm³/mol. The Balaban J connectivity index is 1.17. The van der Waals surface area contributed by atoms with Crippen LogP contribution in [0.25, 0.3) is 43.6 Å². The van der Waals surface area contributed by atoms with Crippen molar-refractivity contribution >= 4 is 49.4 Å². The number of hydrogen-bond acceptors (Lipinski definition) is 3. The van der Waals surface area contributed by atoms with E-state index in [0.29, 0.717) is 13.1 Å². The molecule has 8 rings (SSSR count). The summed E-state index contributed by atoms with van der Waals surface area (Å²) >= 11 is 0. The Labute approximate surface area is 247 Å². The van der Waals surface area contributed by atoms with Crippen molar-refractivity contribution < 1.29 is 4.39 Å². The monoisotopic (exact) mass is 561 g/mol. The number of fused-ring (bicyclic) bond motifs is 6. The topological polar surface area (TPSA) is 47.7 Å². The molecule has 0 radical (unpaired) electrons. The summed E-state index contributed by atoms with van der Waals surface area (Å²) in [7, 11) is 0. The van der Waals surface area contributed by atoms with Crippen molar-refractivity contribution in [3.05, 3.63) is 150 Å². The Bertz CT molecular complexity index is 2250. The normalized spacial score (nSPS) is 11.7. The van der Waals surface area contributed by atoms with Gasteiger partial charge in [0.2, 0.25) is 0 Å². The molecule has 0 unspecified atom stereocenters. The van der Waals surface area contributed by atoms with Gasteiger partial charge in [0.15, 0.2) is 5.82 Å². The van der Waals surface area contributed by atoms with Crippen LogP contribution in [0.2, 0.25) is 0 Å². The molecule has 8 aromatic rings. The first-order chi connectivity index (χ1) is 21.2. The molecular formula is C37H28FN5. The molecule has 0 aliphatic heterocycles. The van der Waals surface area contributed by atoms with Crippen LogP contribution in [0.4, 0.5) is 10.2 Å². The molecule has 5 nitrogen and oxygen atoms in total. The number of anilines is 1. The number of aromatic nitrogens is 4. The van der Waals surface area contributed by atoms with E-state index >= 15 is 0 Å². The molecule has 0 saturated carbocycles. The highest BCUT2D eigenvalue weighted by molar-refractivity contribution is 6.11. The Kier molecular flexibility index (Phi) is 6.11. The molecule has 0 spiro atoms. The number of nitrogens with one attached hydrogen (secondary N) is 1. The van der Waals surface area contributed by atoms with Gasteiger partial charge in [-0.3, -0.25) is 4.98 Å². The third-order valence-corrected chi connectivity index (χ3v) is 8.27. The highest BCUT2D eigenvalue weighted by atomic mass is 19.1. The fourth-order valence-corrected chi connectivity index (χ4v) is 6.26. The first-order valence-electron chi connectivity index (χ1n) is 14.5. The SMILES string of the molecule is Fc1ccc(Cn2c3ccccc3c3cc(CNc4nccc5c6ccccc6n(Cc6ccccc6)c45)ncc32)cc1. The highest BCUT2D eigenvalue weighted by Crippen LogP contribution is 2.34. The van der Waals surface area contributed by atoms with E-state index in [-0.39, 0.29) is 5.82 Å². The number of nitrogens with zero attached hydrogens (tertiary/aromatic N) is 4. The fourth-order valence-electron chi connectivity index (χ4n) is 6.26. The van der Waals surface area contributed by atoms with E-state index in [2.05, 4.69) is 99.4 Å². The number of halogens is 1. The minimum Gasteiger partial charge on any atom is -0.363 e.